The summed E-state index contributed by atoms with van der Waals surface area (Å²) in [5, 5.41) is 32.5. The second-order valence-corrected chi connectivity index (χ2v) is 6.04. The van der Waals surface area contributed by atoms with Crippen molar-refractivity contribution < 1.29 is 44.1 Å². The molecule has 0 aromatic carbocycles. The Kier molecular flexibility index (Phi) is 10.6. The third kappa shape index (κ3) is 9.18. The summed E-state index contributed by atoms with van der Waals surface area (Å²) in [6, 6.07) is -5.62. The zero-order valence-electron chi connectivity index (χ0n) is 14.7. The predicted molar refractivity (Wildman–Crippen MR) is 95.4 cm³/mol. The second-order valence-electron chi connectivity index (χ2n) is 5.68. The van der Waals surface area contributed by atoms with Gasteiger partial charge in [0.25, 0.3) is 0 Å². The zero-order valence-corrected chi connectivity index (χ0v) is 15.6. The molecule has 14 heteroatoms. The molecule has 0 aliphatic carbocycles. The van der Waals surface area contributed by atoms with Crippen LogP contribution in [0, 0.1) is 0 Å². The number of amides is 3. The molecule has 8 N–H and O–H groups in total. The summed E-state index contributed by atoms with van der Waals surface area (Å²) >= 11 is 3.89. The van der Waals surface area contributed by atoms with Gasteiger partial charge in [-0.15, -0.1) is 0 Å². The molecule has 28 heavy (non-hydrogen) atoms. The van der Waals surface area contributed by atoms with Crippen LogP contribution in [-0.4, -0.2) is 80.9 Å². The summed E-state index contributed by atoms with van der Waals surface area (Å²) in [4.78, 5) is 68.0. The van der Waals surface area contributed by atoms with E-state index in [4.69, 9.17) is 21.1 Å². The maximum atomic E-state index is 12.1. The molecule has 0 radical (unpaired) electrons. The van der Waals surface area contributed by atoms with Gasteiger partial charge in [0, 0.05) is 5.75 Å². The highest BCUT2D eigenvalue weighted by Crippen LogP contribution is 1.97. The Morgan fingerprint density at radius 3 is 1.75 bits per heavy atom. The molecule has 0 saturated carbocycles. The Bertz CT molecular complexity index is 642. The molecule has 0 aromatic heterocycles. The molecule has 0 aromatic rings. The molecule has 4 unspecified atom stereocenters. The maximum absolute atomic E-state index is 12.1. The molecule has 0 heterocycles. The van der Waals surface area contributed by atoms with Gasteiger partial charge < -0.3 is 37.0 Å². The summed E-state index contributed by atoms with van der Waals surface area (Å²) in [6.45, 7) is 1.21. The molecule has 0 aliphatic heterocycles. The van der Waals surface area contributed by atoms with E-state index in [1.807, 2.05) is 5.32 Å². The van der Waals surface area contributed by atoms with Crippen molar-refractivity contribution in [3.8, 4) is 0 Å². The van der Waals surface area contributed by atoms with Gasteiger partial charge in [0.1, 0.15) is 18.1 Å². The van der Waals surface area contributed by atoms with Crippen molar-refractivity contribution in [1.82, 2.24) is 16.0 Å². The highest BCUT2D eigenvalue weighted by Gasteiger charge is 2.29. The Balaban J connectivity index is 4.84. The minimum Gasteiger partial charge on any atom is -0.481 e. The van der Waals surface area contributed by atoms with Crippen LogP contribution in [0.5, 0.6) is 0 Å². The van der Waals surface area contributed by atoms with Gasteiger partial charge in [-0.3, -0.25) is 24.0 Å². The lowest BCUT2D eigenvalue weighted by Crippen LogP contribution is -2.57. The highest BCUT2D eigenvalue weighted by atomic mass is 32.1. The van der Waals surface area contributed by atoms with Gasteiger partial charge in [-0.05, 0) is 6.92 Å². The van der Waals surface area contributed by atoms with Gasteiger partial charge in [-0.25, -0.2) is 4.79 Å². The molecule has 4 atom stereocenters. The summed E-state index contributed by atoms with van der Waals surface area (Å²) < 4.78 is 0. The molecule has 3 amide bonds. The first-order valence-electron chi connectivity index (χ1n) is 7.83. The number of carboxylic acids is 3. The van der Waals surface area contributed by atoms with Crippen LogP contribution in [0.25, 0.3) is 0 Å². The Hall–Kier alpha value is -2.87. The van der Waals surface area contributed by atoms with E-state index in [0.29, 0.717) is 0 Å². The Morgan fingerprint density at radius 1 is 0.821 bits per heavy atom. The van der Waals surface area contributed by atoms with Crippen LogP contribution < -0.4 is 21.7 Å². The van der Waals surface area contributed by atoms with E-state index in [1.165, 1.54) is 6.92 Å². The van der Waals surface area contributed by atoms with Crippen LogP contribution in [-0.2, 0) is 28.8 Å². The molecule has 0 fully saturated rings. The van der Waals surface area contributed by atoms with E-state index in [0.717, 1.165) is 0 Å². The van der Waals surface area contributed by atoms with E-state index in [-0.39, 0.29) is 5.75 Å². The van der Waals surface area contributed by atoms with Crippen molar-refractivity contribution in [2.24, 2.45) is 5.73 Å². The lowest BCUT2D eigenvalue weighted by Gasteiger charge is -2.22. The molecule has 0 spiro atoms. The molecule has 0 bridgehead atoms. The monoisotopic (exact) mass is 422 g/mol. The molecule has 13 nitrogen and oxygen atoms in total. The molecule has 158 valence electrons. The average molecular weight is 422 g/mol. The van der Waals surface area contributed by atoms with Crippen LogP contribution in [0.3, 0.4) is 0 Å². The fourth-order valence-electron chi connectivity index (χ4n) is 1.80. The van der Waals surface area contributed by atoms with Crippen LogP contribution in [0.15, 0.2) is 0 Å². The van der Waals surface area contributed by atoms with Crippen molar-refractivity contribution in [2.45, 2.75) is 43.9 Å². The first kappa shape index (κ1) is 25.1. The fourth-order valence-corrected chi connectivity index (χ4v) is 2.06. The Labute approximate surface area is 164 Å². The quantitative estimate of drug-likeness (QED) is 0.147. The SMILES string of the molecule is CC(NC(=O)C(CS)NC(=O)C(N)CC(=O)O)C(=O)NC(CC(=O)O)C(=O)O. The topological polar surface area (TPSA) is 225 Å². The Morgan fingerprint density at radius 2 is 1.32 bits per heavy atom. The van der Waals surface area contributed by atoms with Gasteiger partial charge in [0.2, 0.25) is 17.7 Å². The fraction of sp³-hybridized carbons (Fsp3) is 0.571. The summed E-state index contributed by atoms with van der Waals surface area (Å²) in [7, 11) is 0. The number of hydrogen-bond donors (Lipinski definition) is 8. The number of aliphatic carboxylic acids is 3. The van der Waals surface area contributed by atoms with Crippen molar-refractivity contribution in [1.29, 1.82) is 0 Å². The van der Waals surface area contributed by atoms with E-state index in [9.17, 15) is 28.8 Å². The van der Waals surface area contributed by atoms with Gasteiger partial charge in [0.05, 0.1) is 18.9 Å². The smallest absolute Gasteiger partial charge is 0.326 e. The summed E-state index contributed by atoms with van der Waals surface area (Å²) in [5.74, 6) is -7.27. The van der Waals surface area contributed by atoms with Gasteiger partial charge in [0.15, 0.2) is 0 Å². The van der Waals surface area contributed by atoms with E-state index in [2.05, 4.69) is 23.3 Å². The van der Waals surface area contributed by atoms with E-state index < -0.39 is 72.6 Å². The minimum absolute atomic E-state index is 0.206. The van der Waals surface area contributed by atoms with Gasteiger partial charge in [-0.1, -0.05) is 0 Å². The number of nitrogens with one attached hydrogen (secondary N) is 3. The first-order valence-corrected chi connectivity index (χ1v) is 8.46. The lowest BCUT2D eigenvalue weighted by atomic mass is 10.1. The third-order valence-electron chi connectivity index (χ3n) is 3.29. The third-order valence-corrected chi connectivity index (χ3v) is 3.66. The van der Waals surface area contributed by atoms with Crippen molar-refractivity contribution >= 4 is 48.3 Å². The molecule has 0 saturated heterocycles. The standard InChI is InChI=1S/C14H22N4O9S/c1-5(11(23)17-7(14(26)27)3-10(21)22)16-13(25)8(4-28)18-12(24)6(15)2-9(19)20/h5-8,28H,2-4,15H2,1H3,(H,16,25)(H,17,23)(H,18,24)(H,19,20)(H,21,22)(H,26,27). The van der Waals surface area contributed by atoms with Crippen molar-refractivity contribution in [2.75, 3.05) is 5.75 Å². The number of carboxylic acid groups (broad SMARTS) is 3. The maximum Gasteiger partial charge on any atom is 0.326 e. The average Bonchev–Trinajstić information content (AvgIpc) is 2.57. The van der Waals surface area contributed by atoms with Crippen LogP contribution in [0.2, 0.25) is 0 Å². The number of rotatable bonds is 12. The molecule has 0 rings (SSSR count). The number of carbonyl (C=O) groups is 6. The number of hydrogen-bond acceptors (Lipinski definition) is 8. The van der Waals surface area contributed by atoms with Crippen LogP contribution >= 0.6 is 12.6 Å². The number of nitrogens with two attached hydrogens (primary N) is 1. The summed E-state index contributed by atoms with van der Waals surface area (Å²) in [6.07, 6.45) is -1.52. The molecular formula is C14H22N4O9S. The normalized spacial score (nSPS) is 14.7. The molecule has 0 aliphatic rings. The van der Waals surface area contributed by atoms with Gasteiger partial charge >= 0.3 is 17.9 Å². The lowest BCUT2D eigenvalue weighted by molar-refractivity contribution is -0.147. The number of carbonyl (C=O) groups excluding carboxylic acids is 3. The van der Waals surface area contributed by atoms with Crippen LogP contribution in [0.1, 0.15) is 19.8 Å². The van der Waals surface area contributed by atoms with Gasteiger partial charge in [-0.2, -0.15) is 12.6 Å². The molecular weight excluding hydrogens is 400 g/mol. The summed E-state index contributed by atoms with van der Waals surface area (Å²) in [5.41, 5.74) is 5.38. The predicted octanol–water partition coefficient (Wildman–Crippen LogP) is -3.25. The van der Waals surface area contributed by atoms with Crippen LogP contribution in [0.4, 0.5) is 0 Å². The zero-order chi connectivity index (χ0) is 22.0. The highest BCUT2D eigenvalue weighted by molar-refractivity contribution is 7.80. The second kappa shape index (κ2) is 11.8. The minimum atomic E-state index is -1.70. The first-order chi connectivity index (χ1) is 12.9. The van der Waals surface area contributed by atoms with Crippen molar-refractivity contribution in [3.63, 3.8) is 0 Å². The number of thiol groups is 1. The van der Waals surface area contributed by atoms with E-state index >= 15 is 0 Å². The van der Waals surface area contributed by atoms with Crippen molar-refractivity contribution in [3.05, 3.63) is 0 Å². The van der Waals surface area contributed by atoms with E-state index in [1.54, 1.807) is 0 Å². The largest absolute Gasteiger partial charge is 0.481 e.